The van der Waals surface area contributed by atoms with E-state index < -0.39 is 0 Å². The van der Waals surface area contributed by atoms with E-state index in [0.29, 0.717) is 12.1 Å². The summed E-state index contributed by atoms with van der Waals surface area (Å²) in [5.41, 5.74) is 1.11. The van der Waals surface area contributed by atoms with Crippen molar-refractivity contribution in [3.63, 3.8) is 0 Å². The molecule has 1 aliphatic carbocycles. The van der Waals surface area contributed by atoms with Gasteiger partial charge in [-0.05, 0) is 26.7 Å². The molecule has 1 aliphatic rings. The molecule has 1 heterocycles. The Bertz CT molecular complexity index is 315. The Morgan fingerprint density at radius 3 is 2.93 bits per heavy atom. The molecular formula is C10H16ClN3. The van der Waals surface area contributed by atoms with Gasteiger partial charge in [0.25, 0.3) is 0 Å². The van der Waals surface area contributed by atoms with Crippen molar-refractivity contribution >= 4 is 11.6 Å². The Morgan fingerprint density at radius 1 is 1.64 bits per heavy atom. The van der Waals surface area contributed by atoms with Gasteiger partial charge in [0.2, 0.25) is 0 Å². The van der Waals surface area contributed by atoms with E-state index >= 15 is 0 Å². The SMILES string of the molecule is CC(C)n1ncc(Cl)c1CNC1CC1. The van der Waals surface area contributed by atoms with Gasteiger partial charge >= 0.3 is 0 Å². The topological polar surface area (TPSA) is 29.9 Å². The minimum atomic E-state index is 0.374. The van der Waals surface area contributed by atoms with Gasteiger partial charge in [0.15, 0.2) is 0 Å². The molecule has 3 nitrogen and oxygen atoms in total. The van der Waals surface area contributed by atoms with E-state index in [-0.39, 0.29) is 0 Å². The van der Waals surface area contributed by atoms with E-state index in [1.54, 1.807) is 6.20 Å². The minimum absolute atomic E-state index is 0.374. The molecule has 2 rings (SSSR count). The van der Waals surface area contributed by atoms with Gasteiger partial charge in [-0.1, -0.05) is 11.6 Å². The molecule has 0 atom stereocenters. The van der Waals surface area contributed by atoms with Crippen molar-refractivity contribution in [3.8, 4) is 0 Å². The summed E-state index contributed by atoms with van der Waals surface area (Å²) in [4.78, 5) is 0. The molecule has 4 heteroatoms. The number of nitrogens with one attached hydrogen (secondary N) is 1. The predicted molar refractivity (Wildman–Crippen MR) is 57.5 cm³/mol. The third-order valence-electron chi connectivity index (χ3n) is 2.47. The summed E-state index contributed by atoms with van der Waals surface area (Å²) in [7, 11) is 0. The standard InChI is InChI=1S/C10H16ClN3/c1-7(2)14-10(9(11)5-13-14)6-12-8-3-4-8/h5,7-8,12H,3-4,6H2,1-2H3. The number of hydrogen-bond acceptors (Lipinski definition) is 2. The van der Waals surface area contributed by atoms with Crippen LogP contribution in [-0.4, -0.2) is 15.8 Å². The maximum absolute atomic E-state index is 6.07. The predicted octanol–water partition coefficient (Wildman–Crippen LogP) is 2.37. The molecule has 0 bridgehead atoms. The first-order valence-corrected chi connectivity index (χ1v) is 5.51. The van der Waals surface area contributed by atoms with E-state index in [2.05, 4.69) is 24.3 Å². The molecule has 1 aromatic rings. The van der Waals surface area contributed by atoms with Gasteiger partial charge in [0.05, 0.1) is 16.9 Å². The zero-order chi connectivity index (χ0) is 10.1. The fourth-order valence-corrected chi connectivity index (χ4v) is 1.70. The van der Waals surface area contributed by atoms with Gasteiger partial charge in [-0.25, -0.2) is 0 Å². The summed E-state index contributed by atoms with van der Waals surface area (Å²) in [6, 6.07) is 1.08. The smallest absolute Gasteiger partial charge is 0.0831 e. The van der Waals surface area contributed by atoms with Crippen LogP contribution in [0.2, 0.25) is 5.02 Å². The molecule has 1 aromatic heterocycles. The number of nitrogens with zero attached hydrogens (tertiary/aromatic N) is 2. The van der Waals surface area contributed by atoms with E-state index in [4.69, 9.17) is 11.6 Å². The average molecular weight is 214 g/mol. The van der Waals surface area contributed by atoms with Crippen LogP contribution in [0.3, 0.4) is 0 Å². The van der Waals surface area contributed by atoms with Crippen molar-refractivity contribution in [1.82, 2.24) is 15.1 Å². The second-order valence-electron chi connectivity index (χ2n) is 4.13. The highest BCUT2D eigenvalue weighted by atomic mass is 35.5. The lowest BCUT2D eigenvalue weighted by Gasteiger charge is -2.11. The summed E-state index contributed by atoms with van der Waals surface area (Å²) in [6.45, 7) is 5.07. The summed E-state index contributed by atoms with van der Waals surface area (Å²) in [5, 5.41) is 8.48. The third kappa shape index (κ3) is 2.10. The lowest BCUT2D eigenvalue weighted by atomic mass is 10.3. The number of hydrogen-bond donors (Lipinski definition) is 1. The van der Waals surface area contributed by atoms with Gasteiger partial charge in [0.1, 0.15) is 0 Å². The van der Waals surface area contributed by atoms with Gasteiger partial charge in [-0.2, -0.15) is 5.10 Å². The summed E-state index contributed by atoms with van der Waals surface area (Å²) in [5.74, 6) is 0. The lowest BCUT2D eigenvalue weighted by Crippen LogP contribution is -2.19. The van der Waals surface area contributed by atoms with Crippen LogP contribution < -0.4 is 5.32 Å². The fourth-order valence-electron chi connectivity index (χ4n) is 1.51. The largest absolute Gasteiger partial charge is 0.308 e. The summed E-state index contributed by atoms with van der Waals surface area (Å²) < 4.78 is 1.98. The van der Waals surface area contributed by atoms with E-state index in [0.717, 1.165) is 17.3 Å². The Kier molecular flexibility index (Phi) is 2.79. The quantitative estimate of drug-likeness (QED) is 0.833. The first kappa shape index (κ1) is 9.99. The van der Waals surface area contributed by atoms with E-state index in [9.17, 15) is 0 Å². The maximum atomic E-state index is 6.07. The lowest BCUT2D eigenvalue weighted by molar-refractivity contribution is 0.495. The van der Waals surface area contributed by atoms with Crippen LogP contribution in [0.5, 0.6) is 0 Å². The molecule has 0 radical (unpaired) electrons. The molecule has 0 saturated heterocycles. The Balaban J connectivity index is 2.07. The van der Waals surface area contributed by atoms with E-state index in [1.165, 1.54) is 12.8 Å². The molecule has 0 amide bonds. The minimum Gasteiger partial charge on any atom is -0.308 e. The third-order valence-corrected chi connectivity index (χ3v) is 2.79. The molecule has 0 spiro atoms. The van der Waals surface area contributed by atoms with Crippen LogP contribution in [0.25, 0.3) is 0 Å². The highest BCUT2D eigenvalue weighted by Gasteiger charge is 2.21. The van der Waals surface area contributed by atoms with Crippen molar-refractivity contribution in [3.05, 3.63) is 16.9 Å². The highest BCUT2D eigenvalue weighted by molar-refractivity contribution is 6.31. The van der Waals surface area contributed by atoms with Crippen molar-refractivity contribution in [2.45, 2.75) is 45.3 Å². The molecule has 1 N–H and O–H groups in total. The maximum Gasteiger partial charge on any atom is 0.0831 e. The molecule has 78 valence electrons. The van der Waals surface area contributed by atoms with Crippen LogP contribution in [0.1, 0.15) is 38.4 Å². The molecule has 0 unspecified atom stereocenters. The second kappa shape index (κ2) is 3.91. The normalized spacial score (nSPS) is 16.6. The van der Waals surface area contributed by atoms with Crippen molar-refractivity contribution in [2.24, 2.45) is 0 Å². The summed E-state index contributed by atoms with van der Waals surface area (Å²) >= 11 is 6.07. The fraction of sp³-hybridized carbons (Fsp3) is 0.700. The zero-order valence-electron chi connectivity index (χ0n) is 8.63. The molecule has 0 aliphatic heterocycles. The number of rotatable bonds is 4. The first-order chi connectivity index (χ1) is 6.68. The Morgan fingerprint density at radius 2 is 2.36 bits per heavy atom. The van der Waals surface area contributed by atoms with Crippen LogP contribution in [0.4, 0.5) is 0 Å². The average Bonchev–Trinajstić information content (AvgIpc) is 2.87. The van der Waals surface area contributed by atoms with Crippen LogP contribution in [-0.2, 0) is 6.54 Å². The van der Waals surface area contributed by atoms with Gasteiger partial charge in [0, 0.05) is 18.6 Å². The summed E-state index contributed by atoms with van der Waals surface area (Å²) in [6.07, 6.45) is 4.33. The Labute approximate surface area is 89.4 Å². The van der Waals surface area contributed by atoms with Crippen molar-refractivity contribution in [2.75, 3.05) is 0 Å². The molecule has 1 saturated carbocycles. The van der Waals surface area contributed by atoms with Gasteiger partial charge in [-0.15, -0.1) is 0 Å². The van der Waals surface area contributed by atoms with Crippen molar-refractivity contribution in [1.29, 1.82) is 0 Å². The number of halogens is 1. The molecule has 1 fully saturated rings. The van der Waals surface area contributed by atoms with Gasteiger partial charge in [-0.3, -0.25) is 4.68 Å². The second-order valence-corrected chi connectivity index (χ2v) is 4.54. The molecular weight excluding hydrogens is 198 g/mol. The Hall–Kier alpha value is -0.540. The number of aromatic nitrogens is 2. The molecule has 14 heavy (non-hydrogen) atoms. The van der Waals surface area contributed by atoms with Crippen molar-refractivity contribution < 1.29 is 0 Å². The zero-order valence-corrected chi connectivity index (χ0v) is 9.38. The first-order valence-electron chi connectivity index (χ1n) is 5.13. The van der Waals surface area contributed by atoms with Crippen LogP contribution in [0, 0.1) is 0 Å². The monoisotopic (exact) mass is 213 g/mol. The highest BCUT2D eigenvalue weighted by Crippen LogP contribution is 2.22. The van der Waals surface area contributed by atoms with Crippen LogP contribution in [0.15, 0.2) is 6.20 Å². The van der Waals surface area contributed by atoms with E-state index in [1.807, 2.05) is 4.68 Å². The molecule has 0 aromatic carbocycles. The van der Waals surface area contributed by atoms with Crippen LogP contribution >= 0.6 is 11.6 Å². The van der Waals surface area contributed by atoms with Gasteiger partial charge < -0.3 is 5.32 Å².